The van der Waals surface area contributed by atoms with E-state index in [0.29, 0.717) is 19.4 Å². The Bertz CT molecular complexity index is 931. The molecule has 0 bridgehead atoms. The average molecular weight is 496 g/mol. The maximum absolute atomic E-state index is 13.3. The van der Waals surface area contributed by atoms with Crippen molar-refractivity contribution >= 4 is 17.9 Å². The topological polar surface area (TPSA) is 121 Å². The molecule has 2 heterocycles. The van der Waals surface area contributed by atoms with Crippen molar-refractivity contribution in [2.45, 2.75) is 56.5 Å². The van der Waals surface area contributed by atoms with Crippen molar-refractivity contribution < 1.29 is 32.6 Å². The normalized spacial score (nSPS) is 28.7. The Balaban J connectivity index is 1.14. The molecule has 0 spiro atoms. The number of hydrogen-bond acceptors (Lipinski definition) is 7. The van der Waals surface area contributed by atoms with Gasteiger partial charge in [0.15, 0.2) is 0 Å². The van der Waals surface area contributed by atoms with Crippen LogP contribution in [-0.4, -0.2) is 74.0 Å². The van der Waals surface area contributed by atoms with Crippen LogP contribution in [-0.2, 0) is 25.5 Å². The highest BCUT2D eigenvalue weighted by atomic mass is 19.1. The lowest BCUT2D eigenvalue weighted by molar-refractivity contribution is -0.146. The Morgan fingerprint density at radius 2 is 1.94 bits per heavy atom. The van der Waals surface area contributed by atoms with Crippen LogP contribution in [0.5, 0.6) is 0 Å². The fourth-order valence-corrected chi connectivity index (χ4v) is 4.85. The maximum Gasteiger partial charge on any atom is 0.407 e. The minimum atomic E-state index is -0.716. The Morgan fingerprint density at radius 3 is 2.69 bits per heavy atom. The number of morpholine rings is 1. The first-order valence-corrected chi connectivity index (χ1v) is 11.8. The van der Waals surface area contributed by atoms with E-state index in [1.165, 1.54) is 0 Å². The van der Waals surface area contributed by atoms with Crippen molar-refractivity contribution in [3.05, 3.63) is 35.4 Å². The zero-order chi connectivity index (χ0) is 24.9. The molecule has 3 fully saturated rings. The van der Waals surface area contributed by atoms with Gasteiger partial charge in [-0.2, -0.15) is 0 Å². The number of likely N-dealkylation sites (N-methyl/N-ethyl adjacent to an activating group) is 1. The van der Waals surface area contributed by atoms with Crippen molar-refractivity contribution in [2.75, 3.05) is 26.7 Å². The van der Waals surface area contributed by atoms with Gasteiger partial charge in [0, 0.05) is 32.2 Å². The highest BCUT2D eigenvalue weighted by Gasteiger charge is 2.37. The summed E-state index contributed by atoms with van der Waals surface area (Å²) in [4.78, 5) is 37.5. The number of nitrogens with zero attached hydrogens (tertiary/aromatic N) is 1. The van der Waals surface area contributed by atoms with E-state index in [0.717, 1.165) is 31.0 Å². The van der Waals surface area contributed by atoms with E-state index in [9.17, 15) is 23.2 Å². The van der Waals surface area contributed by atoms with Gasteiger partial charge in [0.05, 0.1) is 18.7 Å². The molecule has 192 valence electrons. The van der Waals surface area contributed by atoms with Crippen LogP contribution in [0.15, 0.2) is 18.2 Å². The third-order valence-corrected chi connectivity index (χ3v) is 6.64. The number of amides is 3. The maximum atomic E-state index is 13.3. The SMILES string of the molecule is CN1CC(CNC(=O)O[C@H]2CC[C@@H](C3CC(NC(=O)Cc4cc(F)cc(F)c4)NN3)C2)OCC1=O. The zero-order valence-electron chi connectivity index (χ0n) is 19.5. The predicted octanol–water partition coefficient (Wildman–Crippen LogP) is 0.568. The largest absolute Gasteiger partial charge is 0.446 e. The van der Waals surface area contributed by atoms with Crippen LogP contribution < -0.4 is 21.5 Å². The molecule has 2 aliphatic heterocycles. The molecule has 5 atom stereocenters. The molecule has 35 heavy (non-hydrogen) atoms. The summed E-state index contributed by atoms with van der Waals surface area (Å²) >= 11 is 0. The summed E-state index contributed by atoms with van der Waals surface area (Å²) in [6.45, 7) is 0.696. The standard InChI is InChI=1S/C23H31F2N5O5/c1-30-11-18(34-12-22(30)32)10-26-23(33)35-17-3-2-14(7-17)19-9-20(29-28-19)27-21(31)6-13-4-15(24)8-16(25)5-13/h4-5,8,14,17-20,28-29H,2-3,6-7,9-12H2,1H3,(H,26,33)(H,27,31)/t14-,17+,18?,19?,20?/m1/s1. The van der Waals surface area contributed by atoms with Gasteiger partial charge in [-0.15, -0.1) is 0 Å². The molecule has 1 saturated carbocycles. The van der Waals surface area contributed by atoms with E-state index in [4.69, 9.17) is 9.47 Å². The Hall–Kier alpha value is -2.83. The van der Waals surface area contributed by atoms with Gasteiger partial charge in [-0.05, 0) is 49.3 Å². The van der Waals surface area contributed by atoms with Crippen molar-refractivity contribution in [2.24, 2.45) is 5.92 Å². The van der Waals surface area contributed by atoms with Crippen molar-refractivity contribution in [1.29, 1.82) is 0 Å². The summed E-state index contributed by atoms with van der Waals surface area (Å²) in [6.07, 6.45) is 1.56. The van der Waals surface area contributed by atoms with E-state index in [-0.39, 0.29) is 67.3 Å². The van der Waals surface area contributed by atoms with Gasteiger partial charge in [-0.1, -0.05) is 0 Å². The Labute approximate surface area is 202 Å². The summed E-state index contributed by atoms with van der Waals surface area (Å²) in [7, 11) is 1.70. The molecular formula is C23H31F2N5O5. The molecule has 0 radical (unpaired) electrons. The molecule has 4 rings (SSSR count). The van der Waals surface area contributed by atoms with Gasteiger partial charge < -0.3 is 25.0 Å². The van der Waals surface area contributed by atoms with Gasteiger partial charge >= 0.3 is 6.09 Å². The van der Waals surface area contributed by atoms with Crippen molar-refractivity contribution in [3.8, 4) is 0 Å². The fraction of sp³-hybridized carbons (Fsp3) is 0.609. The Kier molecular flexibility index (Phi) is 8.14. The summed E-state index contributed by atoms with van der Waals surface area (Å²) in [5.41, 5.74) is 6.52. The zero-order valence-corrected chi connectivity index (χ0v) is 19.5. The van der Waals surface area contributed by atoms with Gasteiger partial charge in [0.25, 0.3) is 0 Å². The van der Waals surface area contributed by atoms with Crippen LogP contribution in [0.1, 0.15) is 31.2 Å². The molecule has 3 aliphatic rings. The van der Waals surface area contributed by atoms with E-state index >= 15 is 0 Å². The second kappa shape index (κ2) is 11.3. The van der Waals surface area contributed by atoms with Crippen LogP contribution in [0, 0.1) is 17.6 Å². The first kappa shape index (κ1) is 25.3. The lowest BCUT2D eigenvalue weighted by Gasteiger charge is -2.29. The van der Waals surface area contributed by atoms with Crippen LogP contribution in [0.2, 0.25) is 0 Å². The minimum Gasteiger partial charge on any atom is -0.446 e. The molecule has 10 nitrogen and oxygen atoms in total. The van der Waals surface area contributed by atoms with E-state index < -0.39 is 17.7 Å². The summed E-state index contributed by atoms with van der Waals surface area (Å²) in [5.74, 6) is -1.59. The summed E-state index contributed by atoms with van der Waals surface area (Å²) < 4.78 is 37.6. The number of carbonyl (C=O) groups excluding carboxylic acids is 3. The number of halogens is 2. The molecule has 2 saturated heterocycles. The van der Waals surface area contributed by atoms with E-state index in [1.807, 2.05) is 0 Å². The molecule has 1 aromatic carbocycles. The first-order valence-electron chi connectivity index (χ1n) is 11.8. The quantitative estimate of drug-likeness (QED) is 0.437. The molecule has 1 aliphatic carbocycles. The number of benzene rings is 1. The third-order valence-electron chi connectivity index (χ3n) is 6.64. The van der Waals surface area contributed by atoms with Crippen LogP contribution in [0.4, 0.5) is 13.6 Å². The number of hydrogen-bond donors (Lipinski definition) is 4. The smallest absolute Gasteiger partial charge is 0.407 e. The van der Waals surface area contributed by atoms with Gasteiger partial charge in [0.2, 0.25) is 11.8 Å². The first-order chi connectivity index (χ1) is 16.7. The number of alkyl carbamates (subject to hydrolysis) is 1. The molecule has 12 heteroatoms. The van der Waals surface area contributed by atoms with Crippen molar-refractivity contribution in [1.82, 2.24) is 26.4 Å². The van der Waals surface area contributed by atoms with Crippen LogP contribution in [0.3, 0.4) is 0 Å². The molecular weight excluding hydrogens is 464 g/mol. The van der Waals surface area contributed by atoms with Crippen LogP contribution in [0.25, 0.3) is 0 Å². The molecule has 0 aromatic heterocycles. The second-order valence-electron chi connectivity index (χ2n) is 9.39. The highest BCUT2D eigenvalue weighted by molar-refractivity contribution is 5.79. The third kappa shape index (κ3) is 7.09. The minimum absolute atomic E-state index is 0.00935. The molecule has 4 N–H and O–H groups in total. The van der Waals surface area contributed by atoms with Crippen molar-refractivity contribution in [3.63, 3.8) is 0 Å². The second-order valence-corrected chi connectivity index (χ2v) is 9.39. The number of hydrazine groups is 1. The van der Waals surface area contributed by atoms with E-state index in [2.05, 4.69) is 21.5 Å². The number of nitrogens with one attached hydrogen (secondary N) is 4. The number of carbonyl (C=O) groups is 3. The summed E-state index contributed by atoms with van der Waals surface area (Å²) in [5, 5.41) is 5.54. The van der Waals surface area contributed by atoms with Gasteiger partial charge in [-0.25, -0.2) is 19.0 Å². The Morgan fingerprint density at radius 1 is 1.17 bits per heavy atom. The highest BCUT2D eigenvalue weighted by Crippen LogP contribution is 2.32. The van der Waals surface area contributed by atoms with E-state index in [1.54, 1.807) is 11.9 Å². The molecule has 1 aromatic rings. The van der Waals surface area contributed by atoms with Crippen LogP contribution >= 0.6 is 0 Å². The summed E-state index contributed by atoms with van der Waals surface area (Å²) in [6, 6.07) is 3.14. The number of rotatable bonds is 7. The average Bonchev–Trinajstić information content (AvgIpc) is 3.43. The van der Waals surface area contributed by atoms with Gasteiger partial charge in [0.1, 0.15) is 24.3 Å². The fourth-order valence-electron chi connectivity index (χ4n) is 4.85. The number of ether oxygens (including phenoxy) is 2. The molecule has 3 amide bonds. The molecule has 3 unspecified atom stereocenters. The van der Waals surface area contributed by atoms with Gasteiger partial charge in [-0.3, -0.25) is 15.0 Å². The lowest BCUT2D eigenvalue weighted by atomic mass is 9.96. The lowest BCUT2D eigenvalue weighted by Crippen LogP contribution is -2.49. The monoisotopic (exact) mass is 495 g/mol. The predicted molar refractivity (Wildman–Crippen MR) is 120 cm³/mol.